The Morgan fingerprint density at radius 2 is 2.00 bits per heavy atom. The van der Waals surface area contributed by atoms with Crippen LogP contribution in [0.2, 0.25) is 0 Å². The first-order valence-corrected chi connectivity index (χ1v) is 9.66. The highest BCUT2D eigenvalue weighted by Gasteiger charge is 2.33. The molecule has 1 aromatic carbocycles. The Hall–Kier alpha value is -2.39. The van der Waals surface area contributed by atoms with Crippen LogP contribution in [0.3, 0.4) is 0 Å². The van der Waals surface area contributed by atoms with Crippen molar-refractivity contribution in [1.29, 1.82) is 0 Å². The lowest BCUT2D eigenvalue weighted by molar-refractivity contribution is -0.136. The molecule has 1 aliphatic heterocycles. The number of carbonyl (C=O) groups is 2. The maximum absolute atomic E-state index is 12.4. The van der Waals surface area contributed by atoms with Gasteiger partial charge in [0.05, 0.1) is 18.7 Å². The van der Waals surface area contributed by atoms with Crippen molar-refractivity contribution in [3.63, 3.8) is 0 Å². The lowest BCUT2D eigenvalue weighted by atomic mass is 9.95. The van der Waals surface area contributed by atoms with Gasteiger partial charge in [-0.1, -0.05) is 52.9 Å². The number of urea groups is 1. The maximum atomic E-state index is 12.4. The second kappa shape index (κ2) is 7.88. The van der Waals surface area contributed by atoms with Crippen molar-refractivity contribution in [2.45, 2.75) is 24.2 Å². The van der Waals surface area contributed by atoms with Crippen LogP contribution in [0.4, 0.5) is 4.79 Å². The lowest BCUT2D eigenvalue weighted by Gasteiger charge is -2.29. The molecule has 0 saturated heterocycles. The van der Waals surface area contributed by atoms with Crippen molar-refractivity contribution in [2.24, 2.45) is 0 Å². The number of hydrogen-bond donors (Lipinski definition) is 2. The normalized spacial score (nSPS) is 16.9. The van der Waals surface area contributed by atoms with Gasteiger partial charge in [0, 0.05) is 11.4 Å². The van der Waals surface area contributed by atoms with Crippen molar-refractivity contribution in [3.8, 4) is 0 Å². The van der Waals surface area contributed by atoms with Crippen molar-refractivity contribution in [2.75, 3.05) is 12.9 Å². The van der Waals surface area contributed by atoms with Gasteiger partial charge in [-0.2, -0.15) is 0 Å². The first kappa shape index (κ1) is 18.4. The zero-order valence-corrected chi connectivity index (χ0v) is 16.2. The molecule has 2 heterocycles. The summed E-state index contributed by atoms with van der Waals surface area (Å²) in [5, 5.41) is 14.4. The molecular weight excluding hydrogens is 372 g/mol. The Bertz CT molecular complexity index is 861. The fourth-order valence-electron chi connectivity index (χ4n) is 2.56. The summed E-state index contributed by atoms with van der Waals surface area (Å²) in [6, 6.07) is 6.75. The number of nitrogens with zero attached hydrogens (tertiary/aromatic N) is 2. The molecule has 0 saturated carbocycles. The van der Waals surface area contributed by atoms with E-state index in [-0.39, 0.29) is 6.03 Å². The molecule has 0 unspecified atom stereocenters. The van der Waals surface area contributed by atoms with Gasteiger partial charge in [-0.3, -0.25) is 0 Å². The van der Waals surface area contributed by atoms with Crippen LogP contribution in [0.25, 0.3) is 0 Å². The topological polar surface area (TPSA) is 93.2 Å². The number of carbonyl (C=O) groups excluding carboxylic acids is 2. The van der Waals surface area contributed by atoms with E-state index in [2.05, 4.69) is 20.8 Å². The first-order chi connectivity index (χ1) is 12.5. The average Bonchev–Trinajstić information content (AvgIpc) is 3.05. The van der Waals surface area contributed by atoms with E-state index in [0.717, 1.165) is 20.5 Å². The van der Waals surface area contributed by atoms with Crippen LogP contribution < -0.4 is 10.6 Å². The Kier molecular flexibility index (Phi) is 5.58. The molecule has 1 aromatic heterocycles. The predicted octanol–water partition coefficient (Wildman–Crippen LogP) is 2.73. The van der Waals surface area contributed by atoms with Gasteiger partial charge in [-0.15, -0.1) is 10.2 Å². The molecule has 0 fully saturated rings. The highest BCUT2D eigenvalue weighted by Crippen LogP contribution is 2.31. The van der Waals surface area contributed by atoms with Gasteiger partial charge >= 0.3 is 12.0 Å². The van der Waals surface area contributed by atoms with E-state index in [1.807, 2.05) is 38.1 Å². The Morgan fingerprint density at radius 3 is 2.62 bits per heavy atom. The number of esters is 1. The summed E-state index contributed by atoms with van der Waals surface area (Å²) in [7, 11) is 1.33. The quantitative estimate of drug-likeness (QED) is 0.602. The van der Waals surface area contributed by atoms with Crippen molar-refractivity contribution in [3.05, 3.63) is 51.7 Å². The number of amides is 2. The minimum Gasteiger partial charge on any atom is -0.466 e. The van der Waals surface area contributed by atoms with E-state index in [9.17, 15) is 9.59 Å². The van der Waals surface area contributed by atoms with Crippen LogP contribution >= 0.6 is 23.1 Å². The summed E-state index contributed by atoms with van der Waals surface area (Å²) in [5.41, 5.74) is 2.83. The van der Waals surface area contributed by atoms with Gasteiger partial charge in [-0.05, 0) is 19.4 Å². The highest BCUT2D eigenvalue weighted by atomic mass is 32.2. The van der Waals surface area contributed by atoms with Crippen LogP contribution in [-0.2, 0) is 9.53 Å². The Balaban J connectivity index is 1.95. The molecule has 1 aliphatic rings. The van der Waals surface area contributed by atoms with Crippen molar-refractivity contribution >= 4 is 35.1 Å². The molecule has 0 spiro atoms. The molecule has 3 rings (SSSR count). The Labute approximate surface area is 159 Å². The van der Waals surface area contributed by atoms with Gasteiger partial charge in [0.25, 0.3) is 0 Å². The van der Waals surface area contributed by atoms with Crippen LogP contribution in [0.5, 0.6) is 0 Å². The van der Waals surface area contributed by atoms with E-state index in [1.54, 1.807) is 0 Å². The first-order valence-electron chi connectivity index (χ1n) is 7.86. The fraction of sp³-hybridized carbons (Fsp3) is 0.294. The highest BCUT2D eigenvalue weighted by molar-refractivity contribution is 8.01. The van der Waals surface area contributed by atoms with Crippen LogP contribution in [0.1, 0.15) is 22.2 Å². The number of aromatic nitrogens is 2. The summed E-state index contributed by atoms with van der Waals surface area (Å²) in [6.45, 7) is 3.86. The third-order valence-electron chi connectivity index (χ3n) is 3.82. The van der Waals surface area contributed by atoms with Crippen LogP contribution in [0.15, 0.2) is 39.9 Å². The second-order valence-corrected chi connectivity index (χ2v) is 8.11. The average molecular weight is 390 g/mol. The zero-order valence-electron chi connectivity index (χ0n) is 14.5. The molecule has 1 atom stereocenters. The molecule has 0 aliphatic carbocycles. The van der Waals surface area contributed by atoms with Gasteiger partial charge in [0.1, 0.15) is 5.01 Å². The van der Waals surface area contributed by atoms with Crippen molar-refractivity contribution in [1.82, 2.24) is 20.8 Å². The summed E-state index contributed by atoms with van der Waals surface area (Å²) in [4.78, 5) is 24.6. The number of benzene rings is 1. The van der Waals surface area contributed by atoms with Gasteiger partial charge in [0.2, 0.25) is 0 Å². The van der Waals surface area contributed by atoms with Crippen LogP contribution in [0, 0.1) is 13.8 Å². The molecular formula is C17H18N4O3S2. The molecule has 2 N–H and O–H groups in total. The van der Waals surface area contributed by atoms with Gasteiger partial charge in [0.15, 0.2) is 4.34 Å². The second-order valence-electron chi connectivity index (χ2n) is 5.70. The predicted molar refractivity (Wildman–Crippen MR) is 100.0 cm³/mol. The monoisotopic (exact) mass is 390 g/mol. The van der Waals surface area contributed by atoms with E-state index in [0.29, 0.717) is 17.0 Å². The third kappa shape index (κ3) is 4.05. The molecule has 136 valence electrons. The van der Waals surface area contributed by atoms with Crippen LogP contribution in [-0.4, -0.2) is 35.1 Å². The zero-order chi connectivity index (χ0) is 18.7. The minimum absolute atomic E-state index is 0.354. The van der Waals surface area contributed by atoms with Gasteiger partial charge < -0.3 is 15.4 Å². The summed E-state index contributed by atoms with van der Waals surface area (Å²) in [5.74, 6) is -0.0957. The maximum Gasteiger partial charge on any atom is 0.338 e. The number of methoxy groups -OCH3 is 1. The number of hydrogen-bond acceptors (Lipinski definition) is 7. The van der Waals surface area contributed by atoms with E-state index < -0.39 is 12.0 Å². The smallest absolute Gasteiger partial charge is 0.338 e. The number of aryl methyl sites for hydroxylation is 2. The van der Waals surface area contributed by atoms with Gasteiger partial charge in [-0.25, -0.2) is 9.59 Å². The minimum atomic E-state index is -0.566. The number of rotatable bonds is 5. The lowest BCUT2D eigenvalue weighted by Crippen LogP contribution is -2.46. The largest absolute Gasteiger partial charge is 0.466 e. The Morgan fingerprint density at radius 1 is 1.27 bits per heavy atom. The third-order valence-corrected chi connectivity index (χ3v) is 5.82. The SMILES string of the molecule is COC(=O)C1=C(CSc2nnc(C)s2)NC(=O)N[C@H]1c1ccc(C)cc1. The number of nitrogens with one attached hydrogen (secondary N) is 2. The molecule has 2 aromatic rings. The van der Waals surface area contributed by atoms with Crippen molar-refractivity contribution < 1.29 is 14.3 Å². The molecule has 2 amide bonds. The summed E-state index contributed by atoms with van der Waals surface area (Å²) >= 11 is 2.88. The van der Waals surface area contributed by atoms with E-state index >= 15 is 0 Å². The standard InChI is InChI=1S/C17H18N4O3S2/c1-9-4-6-11(7-5-9)14-13(15(22)24-3)12(18-16(23)19-14)8-25-17-21-20-10(2)26-17/h4-7,14H,8H2,1-3H3,(H2,18,19,23)/t14-/m0/s1. The summed E-state index contributed by atoms with van der Waals surface area (Å²) < 4.78 is 5.74. The molecule has 0 radical (unpaired) electrons. The van der Waals surface area contributed by atoms with E-state index in [1.165, 1.54) is 30.2 Å². The fourth-order valence-corrected chi connectivity index (χ4v) is 4.35. The molecule has 9 heteroatoms. The van der Waals surface area contributed by atoms with E-state index in [4.69, 9.17) is 4.74 Å². The summed E-state index contributed by atoms with van der Waals surface area (Å²) in [6.07, 6.45) is 0. The molecule has 0 bridgehead atoms. The molecule has 7 nitrogen and oxygen atoms in total. The number of thioether (sulfide) groups is 1. The number of ether oxygens (including phenoxy) is 1. The molecule has 26 heavy (non-hydrogen) atoms.